The molecular weight excluding hydrogens is 515 g/mol. The summed E-state index contributed by atoms with van der Waals surface area (Å²) in [4.78, 5) is 19.0. The van der Waals surface area contributed by atoms with Crippen molar-refractivity contribution in [3.8, 4) is 16.9 Å². The Morgan fingerprint density at radius 2 is 2.13 bits per heavy atom. The molecule has 0 bridgehead atoms. The number of rotatable bonds is 6. The molecule has 206 valence electrons. The SMILES string of the molecule is CCOc1cc(-c2ccc(N3CC[C@H](NC(=O)C4(C(F)(F)F)CCC4)[C@@H](O)C3)nc2)c2c3cn[nH]c3nn2c1. The number of hydrogen-bond acceptors (Lipinski definition) is 7. The smallest absolute Gasteiger partial charge is 0.403 e. The van der Waals surface area contributed by atoms with Crippen LogP contribution in [-0.2, 0) is 4.79 Å². The summed E-state index contributed by atoms with van der Waals surface area (Å²) in [6.45, 7) is 2.97. The van der Waals surface area contributed by atoms with E-state index in [1.807, 2.05) is 36.2 Å². The molecule has 0 aromatic carbocycles. The number of carbonyl (C=O) groups excluding carboxylic acids is 1. The summed E-state index contributed by atoms with van der Waals surface area (Å²) in [5.41, 5.74) is 0.863. The van der Waals surface area contributed by atoms with Crippen LogP contribution < -0.4 is 15.0 Å². The third kappa shape index (κ3) is 4.24. The van der Waals surface area contributed by atoms with E-state index in [2.05, 4.69) is 25.6 Å². The number of nitrogens with one attached hydrogen (secondary N) is 2. The van der Waals surface area contributed by atoms with Gasteiger partial charge in [-0.25, -0.2) is 9.50 Å². The number of anilines is 1. The lowest BCUT2D eigenvalue weighted by Gasteiger charge is -2.44. The van der Waals surface area contributed by atoms with E-state index in [0.29, 0.717) is 43.2 Å². The van der Waals surface area contributed by atoms with E-state index in [4.69, 9.17) is 4.74 Å². The van der Waals surface area contributed by atoms with Gasteiger partial charge in [0.2, 0.25) is 5.91 Å². The summed E-state index contributed by atoms with van der Waals surface area (Å²) in [5, 5.41) is 25.5. The number of carbonyl (C=O) groups is 1. The summed E-state index contributed by atoms with van der Waals surface area (Å²) in [6, 6.07) is 4.93. The minimum Gasteiger partial charge on any atom is -0.492 e. The summed E-state index contributed by atoms with van der Waals surface area (Å²) in [7, 11) is 0. The van der Waals surface area contributed by atoms with Crippen LogP contribution in [0, 0.1) is 5.41 Å². The molecule has 13 heteroatoms. The molecule has 1 amide bonds. The molecular formula is C26H28F3N7O3. The molecule has 6 rings (SSSR count). The molecule has 2 fully saturated rings. The second-order valence-electron chi connectivity index (χ2n) is 10.2. The lowest BCUT2D eigenvalue weighted by atomic mass is 9.67. The van der Waals surface area contributed by atoms with Gasteiger partial charge in [0.25, 0.3) is 0 Å². The third-order valence-electron chi connectivity index (χ3n) is 7.88. The highest BCUT2D eigenvalue weighted by Gasteiger charge is 2.63. The van der Waals surface area contributed by atoms with Crippen molar-refractivity contribution in [2.45, 2.75) is 50.9 Å². The summed E-state index contributed by atoms with van der Waals surface area (Å²) < 4.78 is 48.1. The lowest BCUT2D eigenvalue weighted by molar-refractivity contribution is -0.243. The van der Waals surface area contributed by atoms with E-state index in [1.54, 1.807) is 16.9 Å². The molecule has 0 radical (unpaired) electrons. The maximum Gasteiger partial charge on any atom is 0.403 e. The molecule has 1 saturated heterocycles. The van der Waals surface area contributed by atoms with Crippen LogP contribution in [0.5, 0.6) is 5.75 Å². The maximum atomic E-state index is 13.5. The van der Waals surface area contributed by atoms with Gasteiger partial charge in [0.05, 0.1) is 42.0 Å². The fraction of sp³-hybridized carbons (Fsp3) is 0.462. The van der Waals surface area contributed by atoms with E-state index in [1.165, 1.54) is 0 Å². The summed E-state index contributed by atoms with van der Waals surface area (Å²) in [6.07, 6.45) is -0.126. The molecule has 4 aromatic heterocycles. The van der Waals surface area contributed by atoms with Crippen LogP contribution in [0.2, 0.25) is 0 Å². The first-order valence-corrected chi connectivity index (χ1v) is 13.0. The van der Waals surface area contributed by atoms with Crippen molar-refractivity contribution < 1.29 is 27.8 Å². The number of aromatic nitrogens is 5. The largest absolute Gasteiger partial charge is 0.492 e. The first-order chi connectivity index (χ1) is 18.7. The number of alkyl halides is 3. The zero-order chi connectivity index (χ0) is 27.4. The highest BCUT2D eigenvalue weighted by molar-refractivity contribution is 6.00. The first kappa shape index (κ1) is 25.4. The van der Waals surface area contributed by atoms with Crippen LogP contribution in [0.25, 0.3) is 27.7 Å². The normalized spacial score (nSPS) is 21.2. The fourth-order valence-electron chi connectivity index (χ4n) is 5.52. The van der Waals surface area contributed by atoms with Crippen LogP contribution in [0.15, 0.2) is 36.8 Å². The lowest BCUT2D eigenvalue weighted by Crippen LogP contribution is -2.61. The van der Waals surface area contributed by atoms with Crippen LogP contribution in [-0.4, -0.2) is 73.8 Å². The van der Waals surface area contributed by atoms with Gasteiger partial charge in [0, 0.05) is 30.4 Å². The van der Waals surface area contributed by atoms with Gasteiger partial charge in [-0.05, 0) is 44.4 Å². The fourth-order valence-corrected chi connectivity index (χ4v) is 5.52. The van der Waals surface area contributed by atoms with E-state index >= 15 is 0 Å². The minimum absolute atomic E-state index is 0.138. The zero-order valence-corrected chi connectivity index (χ0v) is 21.2. The van der Waals surface area contributed by atoms with Crippen molar-refractivity contribution >= 4 is 28.3 Å². The molecule has 5 heterocycles. The van der Waals surface area contributed by atoms with Crippen molar-refractivity contribution in [3.63, 3.8) is 0 Å². The Balaban J connectivity index is 1.19. The van der Waals surface area contributed by atoms with Crippen LogP contribution >= 0.6 is 0 Å². The second kappa shape index (κ2) is 9.40. The Hall–Kier alpha value is -3.87. The van der Waals surface area contributed by atoms with Crippen molar-refractivity contribution in [1.29, 1.82) is 0 Å². The van der Waals surface area contributed by atoms with Gasteiger partial charge in [-0.1, -0.05) is 6.42 Å². The van der Waals surface area contributed by atoms with Gasteiger partial charge in [-0.2, -0.15) is 18.3 Å². The third-order valence-corrected chi connectivity index (χ3v) is 7.88. The number of piperidine rings is 1. The van der Waals surface area contributed by atoms with Gasteiger partial charge in [0.1, 0.15) is 17.0 Å². The number of nitrogens with zero attached hydrogens (tertiary/aromatic N) is 5. The number of halogens is 3. The Bertz CT molecular complexity index is 1510. The number of fused-ring (bicyclic) bond motifs is 3. The van der Waals surface area contributed by atoms with Gasteiger partial charge in [0.15, 0.2) is 5.65 Å². The van der Waals surface area contributed by atoms with Crippen molar-refractivity contribution in [2.24, 2.45) is 5.41 Å². The Morgan fingerprint density at radius 3 is 2.77 bits per heavy atom. The monoisotopic (exact) mass is 543 g/mol. The number of β-amino-alcohol motifs (C(OH)–C–C–N with tert-alkyl or cyclic N) is 1. The average Bonchev–Trinajstić information content (AvgIpc) is 3.45. The van der Waals surface area contributed by atoms with Gasteiger partial charge in [-0.15, -0.1) is 5.10 Å². The molecule has 1 aliphatic carbocycles. The van der Waals surface area contributed by atoms with Gasteiger partial charge < -0.3 is 20.1 Å². The summed E-state index contributed by atoms with van der Waals surface area (Å²) in [5.74, 6) is 0.240. The van der Waals surface area contributed by atoms with Gasteiger partial charge in [-0.3, -0.25) is 9.89 Å². The highest BCUT2D eigenvalue weighted by Crippen LogP contribution is 2.53. The van der Waals surface area contributed by atoms with E-state index < -0.39 is 29.6 Å². The van der Waals surface area contributed by atoms with Crippen molar-refractivity contribution in [3.05, 3.63) is 36.8 Å². The predicted octanol–water partition coefficient (Wildman–Crippen LogP) is 3.46. The molecule has 3 N–H and O–H groups in total. The number of ether oxygens (including phenoxy) is 1. The average molecular weight is 544 g/mol. The Kier molecular flexibility index (Phi) is 6.12. The van der Waals surface area contributed by atoms with Crippen molar-refractivity contribution in [2.75, 3.05) is 24.6 Å². The van der Waals surface area contributed by atoms with Crippen LogP contribution in [0.1, 0.15) is 32.6 Å². The highest BCUT2D eigenvalue weighted by atomic mass is 19.4. The standard InChI is InChI=1S/C26H28F3N7O3/c1-2-39-16-10-17(22-18-12-31-33-23(18)34-36(22)13-16)15-4-5-21(30-11-15)35-9-6-19(20(37)14-35)32-24(38)25(7-3-8-25)26(27,28)29/h4-5,10-13,19-20,37H,2-3,6-9,14H2,1H3,(H,32,38)(H,33,34)/t19-,20-/m0/s1. The molecule has 0 unspecified atom stereocenters. The quantitative estimate of drug-likeness (QED) is 0.341. The van der Waals surface area contributed by atoms with Crippen LogP contribution in [0.3, 0.4) is 0 Å². The van der Waals surface area contributed by atoms with E-state index in [0.717, 1.165) is 22.0 Å². The van der Waals surface area contributed by atoms with Gasteiger partial charge >= 0.3 is 6.18 Å². The minimum atomic E-state index is -4.60. The first-order valence-electron chi connectivity index (χ1n) is 13.0. The Morgan fingerprint density at radius 1 is 1.31 bits per heavy atom. The molecule has 0 spiro atoms. The number of amides is 1. The van der Waals surface area contributed by atoms with E-state index in [9.17, 15) is 23.1 Å². The molecule has 1 aliphatic heterocycles. The topological polar surface area (TPSA) is 121 Å². The Labute approximate surface area is 221 Å². The number of aliphatic hydroxyl groups is 1. The number of pyridine rings is 2. The summed E-state index contributed by atoms with van der Waals surface area (Å²) >= 11 is 0. The zero-order valence-electron chi connectivity index (χ0n) is 21.2. The molecule has 2 aliphatic rings. The predicted molar refractivity (Wildman–Crippen MR) is 136 cm³/mol. The van der Waals surface area contributed by atoms with E-state index in [-0.39, 0.29) is 19.4 Å². The van der Waals surface area contributed by atoms with Crippen molar-refractivity contribution in [1.82, 2.24) is 30.1 Å². The van der Waals surface area contributed by atoms with Crippen LogP contribution in [0.4, 0.5) is 19.0 Å². The molecule has 2 atom stereocenters. The number of aliphatic hydroxyl groups excluding tert-OH is 1. The molecule has 10 nitrogen and oxygen atoms in total. The number of hydrogen-bond donors (Lipinski definition) is 3. The molecule has 1 saturated carbocycles. The molecule has 39 heavy (non-hydrogen) atoms. The molecule has 4 aromatic rings. The maximum absolute atomic E-state index is 13.5. The second-order valence-corrected chi connectivity index (χ2v) is 10.2. The number of aromatic amines is 1. The number of H-pyrrole nitrogens is 1.